The molecule has 0 amide bonds. The maximum Gasteiger partial charge on any atom is 0.165 e. The minimum Gasteiger partial charge on any atom is -0.493 e. The van der Waals surface area contributed by atoms with E-state index in [-0.39, 0.29) is 0 Å². The van der Waals surface area contributed by atoms with E-state index in [1.165, 1.54) is 25.3 Å². The van der Waals surface area contributed by atoms with Gasteiger partial charge in [-0.2, -0.15) is 0 Å². The lowest BCUT2D eigenvalue weighted by Crippen LogP contribution is -2.48. The van der Waals surface area contributed by atoms with Crippen LogP contribution in [0.3, 0.4) is 0 Å². The summed E-state index contributed by atoms with van der Waals surface area (Å²) in [5.74, 6) is 1.50. The van der Waals surface area contributed by atoms with Crippen LogP contribution < -0.4 is 18.9 Å². The van der Waals surface area contributed by atoms with Gasteiger partial charge in [-0.1, -0.05) is 11.6 Å². The van der Waals surface area contributed by atoms with Crippen LogP contribution in [-0.2, 0) is 6.54 Å². The third kappa shape index (κ3) is 5.04. The third-order valence-corrected chi connectivity index (χ3v) is 5.14. The molecule has 1 heterocycles. The Morgan fingerprint density at radius 2 is 1.83 bits per heavy atom. The average Bonchev–Trinajstić information content (AvgIpc) is 2.70. The first-order valence-electron chi connectivity index (χ1n) is 9.26. The molecule has 1 N–H and O–H groups in total. The highest BCUT2D eigenvalue weighted by Crippen LogP contribution is 2.36. The highest BCUT2D eigenvalue weighted by atomic mass is 35.5. The lowest BCUT2D eigenvalue weighted by atomic mass is 10.0. The van der Waals surface area contributed by atoms with Crippen LogP contribution in [0.15, 0.2) is 30.3 Å². The van der Waals surface area contributed by atoms with Crippen molar-refractivity contribution in [2.45, 2.75) is 25.2 Å². The Kier molecular flexibility index (Phi) is 7.05. The van der Waals surface area contributed by atoms with E-state index in [9.17, 15) is 9.50 Å². The fourth-order valence-electron chi connectivity index (χ4n) is 3.52. The second-order valence-corrected chi connectivity index (χ2v) is 7.28. The Morgan fingerprint density at radius 1 is 1.07 bits per heavy atom. The zero-order valence-electron chi connectivity index (χ0n) is 16.7. The van der Waals surface area contributed by atoms with Gasteiger partial charge in [0.1, 0.15) is 18.0 Å². The molecule has 1 aliphatic heterocycles. The highest BCUT2D eigenvalue weighted by molar-refractivity contribution is 6.30. The molecule has 0 unspecified atom stereocenters. The molecule has 0 spiro atoms. The van der Waals surface area contributed by atoms with Gasteiger partial charge in [0.25, 0.3) is 0 Å². The van der Waals surface area contributed by atoms with Crippen molar-refractivity contribution in [3.05, 3.63) is 46.7 Å². The second-order valence-electron chi connectivity index (χ2n) is 6.84. The molecule has 0 aliphatic carbocycles. The molecule has 8 heteroatoms. The smallest absolute Gasteiger partial charge is 0.165 e. The Labute approximate surface area is 174 Å². The molecule has 2 atom stereocenters. The van der Waals surface area contributed by atoms with E-state index in [4.69, 9.17) is 30.5 Å². The maximum absolute atomic E-state index is 13.4. The van der Waals surface area contributed by atoms with Crippen molar-refractivity contribution < 1.29 is 28.4 Å². The highest BCUT2D eigenvalue weighted by Gasteiger charge is 2.30. The molecule has 29 heavy (non-hydrogen) atoms. The van der Waals surface area contributed by atoms with Gasteiger partial charge in [0, 0.05) is 42.4 Å². The summed E-state index contributed by atoms with van der Waals surface area (Å²) in [7, 11) is 4.60. The van der Waals surface area contributed by atoms with Crippen molar-refractivity contribution in [2.24, 2.45) is 0 Å². The molecule has 3 rings (SSSR count). The van der Waals surface area contributed by atoms with Gasteiger partial charge in [-0.25, -0.2) is 4.39 Å². The fraction of sp³-hybridized carbons (Fsp3) is 0.429. The van der Waals surface area contributed by atoms with Gasteiger partial charge >= 0.3 is 0 Å². The molecular formula is C21H25ClFNO5. The van der Waals surface area contributed by atoms with Crippen LogP contribution in [0.4, 0.5) is 4.39 Å². The van der Waals surface area contributed by atoms with Gasteiger partial charge in [-0.05, 0) is 24.6 Å². The largest absolute Gasteiger partial charge is 0.493 e. The molecule has 0 aromatic heterocycles. The number of hydrogen-bond donors (Lipinski definition) is 1. The molecular weight excluding hydrogens is 401 g/mol. The topological polar surface area (TPSA) is 60.4 Å². The number of nitrogens with zero attached hydrogens (tertiary/aromatic N) is 1. The van der Waals surface area contributed by atoms with E-state index in [2.05, 4.69) is 4.90 Å². The van der Waals surface area contributed by atoms with Crippen LogP contribution in [0.25, 0.3) is 0 Å². The molecule has 6 nitrogen and oxygen atoms in total. The number of β-amino-alcohol motifs (C(OH)–C–C–N with tert-alkyl or cyclic N) is 1. The number of rotatable bonds is 7. The number of piperidine rings is 1. The van der Waals surface area contributed by atoms with Crippen LogP contribution in [0.2, 0.25) is 5.02 Å². The van der Waals surface area contributed by atoms with Gasteiger partial charge < -0.3 is 24.1 Å². The molecule has 0 saturated carbocycles. The molecule has 2 aromatic carbocycles. The molecule has 1 aliphatic rings. The molecule has 0 radical (unpaired) electrons. The van der Waals surface area contributed by atoms with E-state index in [0.717, 1.165) is 5.56 Å². The normalized spacial score (nSPS) is 19.7. The van der Waals surface area contributed by atoms with Crippen LogP contribution >= 0.6 is 11.6 Å². The van der Waals surface area contributed by atoms with Crippen LogP contribution in [0.1, 0.15) is 12.0 Å². The number of aliphatic hydroxyl groups excluding tert-OH is 1. The first-order chi connectivity index (χ1) is 13.9. The van der Waals surface area contributed by atoms with Gasteiger partial charge in [0.05, 0.1) is 21.3 Å². The predicted molar refractivity (Wildman–Crippen MR) is 108 cm³/mol. The number of aliphatic hydroxyl groups is 1. The number of likely N-dealkylation sites (tertiary alicyclic amines) is 1. The molecule has 1 saturated heterocycles. The summed E-state index contributed by atoms with van der Waals surface area (Å²) in [4.78, 5) is 2.10. The van der Waals surface area contributed by atoms with Crippen LogP contribution in [-0.4, -0.2) is 56.6 Å². The monoisotopic (exact) mass is 425 g/mol. The Bertz CT molecular complexity index is 850. The minimum atomic E-state index is -0.717. The SMILES string of the molecule is COc1cc(F)ccc1O[C@@H]1CCN(Cc2cc(Cl)cc(OC)c2OC)C[C@H]1O. The van der Waals surface area contributed by atoms with Crippen molar-refractivity contribution >= 4 is 11.6 Å². The van der Waals surface area contributed by atoms with E-state index in [0.29, 0.717) is 54.1 Å². The fourth-order valence-corrected chi connectivity index (χ4v) is 3.75. The zero-order valence-corrected chi connectivity index (χ0v) is 17.4. The molecule has 158 valence electrons. The Balaban J connectivity index is 1.67. The van der Waals surface area contributed by atoms with Crippen molar-refractivity contribution in [1.82, 2.24) is 4.90 Å². The van der Waals surface area contributed by atoms with E-state index >= 15 is 0 Å². The maximum atomic E-state index is 13.4. The average molecular weight is 426 g/mol. The molecule has 1 fully saturated rings. The summed E-state index contributed by atoms with van der Waals surface area (Å²) >= 11 is 6.20. The lowest BCUT2D eigenvalue weighted by Gasteiger charge is -2.36. The predicted octanol–water partition coefficient (Wildman–Crippen LogP) is 3.52. The number of benzene rings is 2. The van der Waals surface area contributed by atoms with Gasteiger partial charge in [0.2, 0.25) is 0 Å². The summed E-state index contributed by atoms with van der Waals surface area (Å²) in [6, 6.07) is 7.61. The summed E-state index contributed by atoms with van der Waals surface area (Å²) in [6.45, 7) is 1.65. The van der Waals surface area contributed by atoms with E-state index in [1.54, 1.807) is 20.3 Å². The number of ether oxygens (including phenoxy) is 4. The first-order valence-corrected chi connectivity index (χ1v) is 9.64. The van der Waals surface area contributed by atoms with Crippen LogP contribution in [0.5, 0.6) is 23.0 Å². The quantitative estimate of drug-likeness (QED) is 0.732. The summed E-state index contributed by atoms with van der Waals surface area (Å²) < 4.78 is 35.3. The Hall–Kier alpha value is -2.22. The first kappa shape index (κ1) is 21.5. The van der Waals surface area contributed by atoms with Gasteiger partial charge in [-0.3, -0.25) is 4.90 Å². The van der Waals surface area contributed by atoms with Gasteiger partial charge in [0.15, 0.2) is 23.0 Å². The third-order valence-electron chi connectivity index (χ3n) is 4.92. The summed E-state index contributed by atoms with van der Waals surface area (Å²) in [5, 5.41) is 11.2. The summed E-state index contributed by atoms with van der Waals surface area (Å²) in [6.07, 6.45) is -0.533. The van der Waals surface area contributed by atoms with Crippen molar-refractivity contribution in [2.75, 3.05) is 34.4 Å². The Morgan fingerprint density at radius 3 is 2.48 bits per heavy atom. The molecule has 2 aromatic rings. The van der Waals surface area contributed by atoms with Gasteiger partial charge in [-0.15, -0.1) is 0 Å². The van der Waals surface area contributed by atoms with Crippen molar-refractivity contribution in [3.8, 4) is 23.0 Å². The number of hydrogen-bond acceptors (Lipinski definition) is 6. The zero-order chi connectivity index (χ0) is 21.0. The summed E-state index contributed by atoms with van der Waals surface area (Å²) in [5.41, 5.74) is 0.878. The van der Waals surface area contributed by atoms with Crippen LogP contribution in [0, 0.1) is 5.82 Å². The van der Waals surface area contributed by atoms with E-state index in [1.807, 2.05) is 6.07 Å². The molecule has 0 bridgehead atoms. The van der Waals surface area contributed by atoms with Crippen molar-refractivity contribution in [3.63, 3.8) is 0 Å². The number of halogens is 2. The standard InChI is InChI=1S/C21H25ClFNO5/c1-26-19-10-15(23)4-5-18(19)29-17-6-7-24(12-16(17)25)11-13-8-14(22)9-20(27-2)21(13)28-3/h4-5,8-10,16-17,25H,6-7,11-12H2,1-3H3/t16-,17-/m1/s1. The number of methoxy groups -OCH3 is 3. The van der Waals surface area contributed by atoms with Crippen molar-refractivity contribution in [1.29, 1.82) is 0 Å². The lowest BCUT2D eigenvalue weighted by molar-refractivity contribution is -0.0284. The second kappa shape index (κ2) is 9.52. The van der Waals surface area contributed by atoms with E-state index < -0.39 is 18.0 Å². The minimum absolute atomic E-state index is 0.301.